The summed E-state index contributed by atoms with van der Waals surface area (Å²) < 4.78 is 46.6. The number of methoxy groups -OCH3 is 1. The van der Waals surface area contributed by atoms with Gasteiger partial charge in [-0.15, -0.1) is 0 Å². The van der Waals surface area contributed by atoms with Crippen molar-refractivity contribution in [2.75, 3.05) is 20.3 Å². The number of nitrogens with zero attached hydrogens (tertiary/aromatic N) is 3. The minimum Gasteiger partial charge on any atom is -0.497 e. The van der Waals surface area contributed by atoms with E-state index in [-0.39, 0.29) is 34.6 Å². The van der Waals surface area contributed by atoms with Crippen LogP contribution in [0.2, 0.25) is 0 Å². The topological polar surface area (TPSA) is 161 Å². The number of pyridine rings is 1. The molecule has 1 N–H and O–H groups in total. The van der Waals surface area contributed by atoms with E-state index in [9.17, 15) is 18.4 Å². The number of hydrogen-bond donors (Lipinski definition) is 1. The Morgan fingerprint density at radius 3 is 2.39 bits per heavy atom. The average molecular weight is 643 g/mol. The molecule has 0 aliphatic carbocycles. The molecule has 0 atom stereocenters. The Morgan fingerprint density at radius 2 is 1.63 bits per heavy atom. The summed E-state index contributed by atoms with van der Waals surface area (Å²) in [6, 6.07) is 24.6. The maximum absolute atomic E-state index is 13.1. The number of benzene rings is 3. The summed E-state index contributed by atoms with van der Waals surface area (Å²) in [7, 11) is -2.57. The fraction of sp³-hybridized carbons (Fsp3) is 0.212. The summed E-state index contributed by atoms with van der Waals surface area (Å²) >= 11 is 0. The van der Waals surface area contributed by atoms with Crippen LogP contribution in [0, 0.1) is 5.21 Å². The third-order valence-electron chi connectivity index (χ3n) is 7.43. The molecular weight excluding hydrogens is 612 g/mol. The Kier molecular flexibility index (Phi) is 8.83. The molecule has 0 aliphatic rings. The van der Waals surface area contributed by atoms with E-state index in [0.29, 0.717) is 30.7 Å². The molecule has 0 aliphatic heterocycles. The molecule has 6 rings (SSSR count). The zero-order valence-corrected chi connectivity index (χ0v) is 25.7. The molecule has 0 bridgehead atoms. The lowest BCUT2D eigenvalue weighted by Crippen LogP contribution is -2.30. The number of H-pyrrole nitrogens is 1. The van der Waals surface area contributed by atoms with Gasteiger partial charge in [0.05, 0.1) is 41.6 Å². The van der Waals surface area contributed by atoms with Crippen molar-refractivity contribution in [1.82, 2.24) is 15.1 Å². The van der Waals surface area contributed by atoms with Crippen LogP contribution in [0.5, 0.6) is 11.6 Å². The molecular formula is C33H30N4O8S. The summed E-state index contributed by atoms with van der Waals surface area (Å²) in [6.45, 7) is 0.316. The molecule has 46 heavy (non-hydrogen) atoms. The number of aromatic nitrogens is 4. The van der Waals surface area contributed by atoms with E-state index in [1.807, 2.05) is 48.5 Å². The van der Waals surface area contributed by atoms with E-state index in [1.54, 1.807) is 31.4 Å². The number of hydrogen-bond acceptors (Lipinski definition) is 10. The first-order chi connectivity index (χ1) is 22.4. The maximum atomic E-state index is 13.1. The molecule has 3 heterocycles. The second kappa shape index (κ2) is 13.3. The number of ether oxygens (including phenoxy) is 3. The first kappa shape index (κ1) is 30.6. The molecule has 0 unspecified atom stereocenters. The van der Waals surface area contributed by atoms with Gasteiger partial charge in [0.2, 0.25) is 0 Å². The van der Waals surface area contributed by atoms with Crippen LogP contribution in [0.25, 0.3) is 33.1 Å². The van der Waals surface area contributed by atoms with Crippen molar-refractivity contribution in [3.8, 4) is 22.9 Å². The molecule has 3 aromatic heterocycles. The van der Waals surface area contributed by atoms with Crippen LogP contribution in [-0.2, 0) is 14.6 Å². The molecule has 0 saturated carbocycles. The fourth-order valence-corrected chi connectivity index (χ4v) is 6.41. The Bertz CT molecular complexity index is 2090. The zero-order valence-electron chi connectivity index (χ0n) is 24.8. The van der Waals surface area contributed by atoms with Gasteiger partial charge >= 0.3 is 16.9 Å². The van der Waals surface area contributed by atoms with Gasteiger partial charge < -0.3 is 24.4 Å². The highest BCUT2D eigenvalue weighted by Crippen LogP contribution is 2.33. The summed E-state index contributed by atoms with van der Waals surface area (Å²) in [5, 5.41) is 16.7. The average Bonchev–Trinajstić information content (AvgIpc) is 3.66. The predicted octanol–water partition coefficient (Wildman–Crippen LogP) is 5.64. The van der Waals surface area contributed by atoms with Gasteiger partial charge in [0.15, 0.2) is 0 Å². The third kappa shape index (κ3) is 6.22. The Balaban J connectivity index is 1.04. The predicted molar refractivity (Wildman–Crippen MR) is 167 cm³/mol. The van der Waals surface area contributed by atoms with Gasteiger partial charge in [-0.2, -0.15) is 0 Å². The number of carbonyl (C=O) groups is 1. The van der Waals surface area contributed by atoms with Crippen LogP contribution in [0.3, 0.4) is 0 Å². The number of aromatic amines is 1. The normalized spacial score (nSPS) is 11.6. The third-order valence-corrected chi connectivity index (χ3v) is 9.16. The first-order valence-electron chi connectivity index (χ1n) is 14.6. The molecule has 236 valence electrons. The van der Waals surface area contributed by atoms with Crippen molar-refractivity contribution in [2.24, 2.45) is 0 Å². The minimum atomic E-state index is -4.18. The monoisotopic (exact) mass is 642 g/mol. The highest BCUT2D eigenvalue weighted by atomic mass is 32.2. The number of unbranched alkanes of at least 4 members (excludes halogenated alkanes) is 3. The number of fused-ring (bicyclic) bond motifs is 3. The van der Waals surface area contributed by atoms with Crippen LogP contribution in [0.4, 0.5) is 0 Å². The fourth-order valence-electron chi connectivity index (χ4n) is 5.11. The first-order valence-corrected chi connectivity index (χ1v) is 16.1. The van der Waals surface area contributed by atoms with E-state index in [1.165, 1.54) is 12.1 Å². The largest absolute Gasteiger partial charge is 0.497 e. The van der Waals surface area contributed by atoms with Crippen LogP contribution in [0.1, 0.15) is 36.2 Å². The molecule has 12 nitrogen and oxygen atoms in total. The Hall–Kier alpha value is -5.43. The summed E-state index contributed by atoms with van der Waals surface area (Å²) in [5.41, 5.74) is 3.44. The second-order valence-corrected chi connectivity index (χ2v) is 12.3. The van der Waals surface area contributed by atoms with Crippen LogP contribution in [-0.4, -0.2) is 49.8 Å². The van der Waals surface area contributed by atoms with Gasteiger partial charge in [-0.05, 0) is 79.1 Å². The number of esters is 1. The molecule has 0 spiro atoms. The molecule has 0 radical (unpaired) electrons. The molecule has 0 fully saturated rings. The van der Waals surface area contributed by atoms with Gasteiger partial charge in [0.1, 0.15) is 11.4 Å². The van der Waals surface area contributed by atoms with Gasteiger partial charge in [0, 0.05) is 21.9 Å². The van der Waals surface area contributed by atoms with Crippen LogP contribution >= 0.6 is 0 Å². The highest BCUT2D eigenvalue weighted by Gasteiger charge is 2.35. The Morgan fingerprint density at radius 1 is 0.913 bits per heavy atom. The smallest absolute Gasteiger partial charge is 0.414 e. The van der Waals surface area contributed by atoms with Gasteiger partial charge in [0.25, 0.3) is 9.84 Å². The van der Waals surface area contributed by atoms with Crippen molar-refractivity contribution in [2.45, 2.75) is 35.6 Å². The molecule has 0 saturated heterocycles. The van der Waals surface area contributed by atoms with Crippen molar-refractivity contribution in [3.63, 3.8) is 0 Å². The number of carbonyl (C=O) groups excluding carboxylic acids is 1. The summed E-state index contributed by atoms with van der Waals surface area (Å²) in [6.07, 6.45) is 2.58. The standard InChI is InChI=1S/C33H30N4O8S/c1-42-23-17-15-22(16-18-23)29-30-26(25-13-7-8-14-27(25)34-30)21-28(35-29)33(38)44-20-10-3-2-9-19-43-31-32(37(39)45-36-31)46(40,41)24-11-5-4-6-12-24/h4-8,11-18,21,34H,2-3,9-10,19-20H2,1H3. The summed E-state index contributed by atoms with van der Waals surface area (Å²) in [4.78, 5) is 21.0. The lowest BCUT2D eigenvalue weighted by atomic mass is 10.1. The lowest BCUT2D eigenvalue weighted by molar-refractivity contribution is -0.832. The van der Waals surface area contributed by atoms with Gasteiger partial charge in [-0.1, -0.05) is 36.4 Å². The number of para-hydroxylation sites is 1. The molecule has 3 aromatic carbocycles. The summed E-state index contributed by atoms with van der Waals surface area (Å²) in [5.74, 6) is -0.191. The molecule has 6 aromatic rings. The van der Waals surface area contributed by atoms with E-state index in [2.05, 4.69) is 14.8 Å². The highest BCUT2D eigenvalue weighted by molar-refractivity contribution is 7.91. The zero-order chi connectivity index (χ0) is 32.1. The van der Waals surface area contributed by atoms with Crippen LogP contribution < -0.4 is 14.4 Å². The SMILES string of the molecule is COc1ccc(-c2nc(C(=O)OCCCCCCOc3no[n+]([O-])c3S(=O)(=O)c3ccccc3)cc3c2[nH]c2ccccc23)cc1. The lowest BCUT2D eigenvalue weighted by Gasteiger charge is -2.09. The number of nitrogens with one attached hydrogen (secondary N) is 1. The molecule has 0 amide bonds. The van der Waals surface area contributed by atoms with Crippen molar-refractivity contribution < 1.29 is 37.0 Å². The second-order valence-electron chi connectivity index (χ2n) is 10.4. The van der Waals surface area contributed by atoms with Crippen molar-refractivity contribution in [3.05, 3.63) is 95.8 Å². The Labute approximate surface area is 264 Å². The van der Waals surface area contributed by atoms with Crippen LogP contribution in [0.15, 0.2) is 99.5 Å². The quantitative estimate of drug-likeness (QED) is 0.0948. The molecule has 13 heteroatoms. The van der Waals surface area contributed by atoms with Gasteiger partial charge in [-0.25, -0.2) is 18.2 Å². The van der Waals surface area contributed by atoms with E-state index < -0.39 is 20.8 Å². The van der Waals surface area contributed by atoms with Crippen molar-refractivity contribution >= 4 is 37.6 Å². The van der Waals surface area contributed by atoms with Crippen molar-refractivity contribution in [1.29, 1.82) is 0 Å². The minimum absolute atomic E-state index is 0.0734. The van der Waals surface area contributed by atoms with Gasteiger partial charge in [-0.3, -0.25) is 4.63 Å². The number of sulfone groups is 1. The van der Waals surface area contributed by atoms with E-state index in [4.69, 9.17) is 19.2 Å². The maximum Gasteiger partial charge on any atom is 0.414 e. The van der Waals surface area contributed by atoms with E-state index in [0.717, 1.165) is 33.8 Å². The number of rotatable bonds is 13. The van der Waals surface area contributed by atoms with E-state index >= 15 is 0 Å².